The maximum Gasteiger partial charge on any atom is 0.255 e. The number of carbonyl (C=O) groups excluding carboxylic acids is 1. The Morgan fingerprint density at radius 3 is 2.86 bits per heavy atom. The highest BCUT2D eigenvalue weighted by molar-refractivity contribution is 6.07. The Balaban J connectivity index is 1.59. The van der Waals surface area contributed by atoms with Gasteiger partial charge in [0, 0.05) is 25.6 Å². The van der Waals surface area contributed by atoms with Crippen molar-refractivity contribution in [1.29, 1.82) is 0 Å². The van der Waals surface area contributed by atoms with Gasteiger partial charge in [0.25, 0.3) is 5.91 Å². The Labute approximate surface area is 168 Å². The smallest absolute Gasteiger partial charge is 0.255 e. The van der Waals surface area contributed by atoms with Crippen molar-refractivity contribution in [2.24, 2.45) is 7.05 Å². The fourth-order valence-electron chi connectivity index (χ4n) is 3.64. The van der Waals surface area contributed by atoms with Crippen molar-refractivity contribution in [1.82, 2.24) is 14.9 Å². The van der Waals surface area contributed by atoms with Crippen molar-refractivity contribution >= 4 is 16.9 Å². The lowest BCUT2D eigenvalue weighted by atomic mass is 9.90. The zero-order valence-corrected chi connectivity index (χ0v) is 16.6. The molecule has 29 heavy (non-hydrogen) atoms. The van der Waals surface area contributed by atoms with Crippen LogP contribution in [0.5, 0.6) is 5.75 Å². The number of furan rings is 1. The first kappa shape index (κ1) is 19.5. The highest BCUT2D eigenvalue weighted by Crippen LogP contribution is 2.30. The summed E-state index contributed by atoms with van der Waals surface area (Å²) >= 11 is 0. The second-order valence-corrected chi connectivity index (χ2v) is 7.48. The minimum absolute atomic E-state index is 0.129. The maximum atomic E-state index is 13.1. The number of hydrogen-bond donors (Lipinski definition) is 2. The summed E-state index contributed by atoms with van der Waals surface area (Å²) in [6, 6.07) is 5.43. The van der Waals surface area contributed by atoms with Crippen LogP contribution in [0.25, 0.3) is 11.0 Å². The average molecular weight is 399 g/mol. The fourth-order valence-corrected chi connectivity index (χ4v) is 3.64. The summed E-state index contributed by atoms with van der Waals surface area (Å²) in [6.45, 7) is 3.03. The molecule has 8 nitrogen and oxygen atoms in total. The summed E-state index contributed by atoms with van der Waals surface area (Å²) in [7, 11) is 1.91. The molecule has 1 amide bonds. The van der Waals surface area contributed by atoms with Crippen molar-refractivity contribution in [2.45, 2.75) is 31.9 Å². The van der Waals surface area contributed by atoms with E-state index >= 15 is 0 Å². The van der Waals surface area contributed by atoms with Crippen molar-refractivity contribution in [3.05, 3.63) is 47.7 Å². The van der Waals surface area contributed by atoms with E-state index < -0.39 is 5.54 Å². The lowest BCUT2D eigenvalue weighted by Gasteiger charge is -2.36. The predicted molar refractivity (Wildman–Crippen MR) is 106 cm³/mol. The molecule has 0 bridgehead atoms. The SMILES string of the molecule is Cc1oc2ccc(OCc3cncn3C)cc2c1C(=O)NC1(CO)CCOCC1. The summed E-state index contributed by atoms with van der Waals surface area (Å²) in [5, 5.41) is 13.6. The molecule has 0 unspecified atom stereocenters. The van der Waals surface area contributed by atoms with Crippen LogP contribution in [0.4, 0.5) is 0 Å². The summed E-state index contributed by atoms with van der Waals surface area (Å²) < 4.78 is 18.9. The van der Waals surface area contributed by atoms with Gasteiger partial charge in [0.1, 0.15) is 23.7 Å². The van der Waals surface area contributed by atoms with Crippen LogP contribution in [-0.4, -0.2) is 45.9 Å². The first-order valence-corrected chi connectivity index (χ1v) is 9.64. The summed E-state index contributed by atoms with van der Waals surface area (Å²) in [5.41, 5.74) is 1.35. The molecule has 1 aromatic carbocycles. The lowest BCUT2D eigenvalue weighted by molar-refractivity contribution is 0.0125. The summed E-state index contributed by atoms with van der Waals surface area (Å²) in [4.78, 5) is 17.2. The van der Waals surface area contributed by atoms with E-state index in [1.165, 1.54) is 0 Å². The molecule has 154 valence electrons. The molecule has 0 spiro atoms. The average Bonchev–Trinajstić information content (AvgIpc) is 3.28. The van der Waals surface area contributed by atoms with Crippen molar-refractivity contribution in [3.8, 4) is 5.75 Å². The molecule has 2 aromatic heterocycles. The number of hydrogen-bond acceptors (Lipinski definition) is 6. The first-order chi connectivity index (χ1) is 14.0. The van der Waals surface area contributed by atoms with Crippen LogP contribution in [-0.2, 0) is 18.4 Å². The second kappa shape index (κ2) is 7.88. The Hall–Kier alpha value is -2.84. The number of aliphatic hydroxyl groups is 1. The molecule has 1 saturated heterocycles. The molecule has 3 aromatic rings. The van der Waals surface area contributed by atoms with E-state index in [1.54, 1.807) is 25.5 Å². The van der Waals surface area contributed by atoms with Crippen molar-refractivity contribution in [2.75, 3.05) is 19.8 Å². The van der Waals surface area contributed by atoms with E-state index in [0.717, 1.165) is 5.69 Å². The van der Waals surface area contributed by atoms with Crippen LogP contribution in [0.2, 0.25) is 0 Å². The van der Waals surface area contributed by atoms with Gasteiger partial charge in [0.2, 0.25) is 0 Å². The Kier molecular flexibility index (Phi) is 5.29. The maximum absolute atomic E-state index is 13.1. The van der Waals surface area contributed by atoms with Gasteiger partial charge in [-0.3, -0.25) is 4.79 Å². The van der Waals surface area contributed by atoms with E-state index in [-0.39, 0.29) is 12.5 Å². The van der Waals surface area contributed by atoms with Gasteiger partial charge in [0.15, 0.2) is 0 Å². The van der Waals surface area contributed by atoms with Gasteiger partial charge < -0.3 is 28.9 Å². The molecule has 0 aliphatic carbocycles. The number of amides is 1. The lowest BCUT2D eigenvalue weighted by Crippen LogP contribution is -2.54. The minimum atomic E-state index is -0.668. The number of carbonyl (C=O) groups is 1. The van der Waals surface area contributed by atoms with Gasteiger partial charge in [-0.25, -0.2) is 4.98 Å². The van der Waals surface area contributed by atoms with E-state index in [2.05, 4.69) is 10.3 Å². The monoisotopic (exact) mass is 399 g/mol. The number of nitrogens with zero attached hydrogens (tertiary/aromatic N) is 2. The number of ether oxygens (including phenoxy) is 2. The first-order valence-electron chi connectivity index (χ1n) is 9.64. The number of fused-ring (bicyclic) bond motifs is 1. The van der Waals surface area contributed by atoms with E-state index in [1.807, 2.05) is 23.7 Å². The highest BCUT2D eigenvalue weighted by Gasteiger charge is 2.35. The molecule has 2 N–H and O–H groups in total. The molecule has 1 aliphatic heterocycles. The van der Waals surface area contributed by atoms with Crippen LogP contribution in [0.15, 0.2) is 35.1 Å². The Morgan fingerprint density at radius 1 is 1.38 bits per heavy atom. The number of imidazole rings is 1. The third-order valence-corrected chi connectivity index (χ3v) is 5.50. The van der Waals surface area contributed by atoms with Gasteiger partial charge in [0.05, 0.1) is 35.9 Å². The number of nitrogens with one attached hydrogen (secondary N) is 1. The van der Waals surface area contributed by atoms with Crippen LogP contribution >= 0.6 is 0 Å². The number of aromatic nitrogens is 2. The molecule has 4 rings (SSSR count). The largest absolute Gasteiger partial charge is 0.487 e. The van der Waals surface area contributed by atoms with Gasteiger partial charge in [-0.15, -0.1) is 0 Å². The van der Waals surface area contributed by atoms with E-state index in [0.29, 0.717) is 60.7 Å². The summed E-state index contributed by atoms with van der Waals surface area (Å²) in [5.74, 6) is 0.902. The molecule has 3 heterocycles. The van der Waals surface area contributed by atoms with Gasteiger partial charge in [-0.2, -0.15) is 0 Å². The standard InChI is InChI=1S/C21H25N3O5/c1-14-19(20(26)23-21(12-25)5-7-27-8-6-21)17-9-16(3-4-18(17)29-14)28-11-15-10-22-13-24(15)2/h3-4,9-10,13,25H,5-8,11-12H2,1-2H3,(H,23,26). The third-order valence-electron chi connectivity index (χ3n) is 5.50. The number of aliphatic hydroxyl groups excluding tert-OH is 1. The quantitative estimate of drug-likeness (QED) is 0.660. The van der Waals surface area contributed by atoms with E-state index in [9.17, 15) is 9.90 Å². The van der Waals surface area contributed by atoms with E-state index in [4.69, 9.17) is 13.9 Å². The fraction of sp³-hybridized carbons (Fsp3) is 0.429. The van der Waals surface area contributed by atoms with Crippen LogP contribution in [0, 0.1) is 6.92 Å². The zero-order chi connectivity index (χ0) is 20.4. The zero-order valence-electron chi connectivity index (χ0n) is 16.6. The van der Waals surface area contributed by atoms with Gasteiger partial charge in [-0.1, -0.05) is 0 Å². The molecule has 8 heteroatoms. The summed E-state index contributed by atoms with van der Waals surface area (Å²) in [6.07, 6.45) is 4.62. The predicted octanol–water partition coefficient (Wildman–Crippen LogP) is 2.33. The number of aryl methyl sites for hydroxylation is 2. The molecular formula is C21H25N3O5. The Morgan fingerprint density at radius 2 is 2.17 bits per heavy atom. The number of rotatable bonds is 6. The highest BCUT2D eigenvalue weighted by atomic mass is 16.5. The molecule has 1 fully saturated rings. The topological polar surface area (TPSA) is 98.8 Å². The van der Waals surface area contributed by atoms with Crippen molar-refractivity contribution < 1.29 is 23.8 Å². The van der Waals surface area contributed by atoms with Crippen LogP contribution in [0.3, 0.4) is 0 Å². The molecule has 0 radical (unpaired) electrons. The normalized spacial score (nSPS) is 16.1. The van der Waals surface area contributed by atoms with Gasteiger partial charge >= 0.3 is 0 Å². The van der Waals surface area contributed by atoms with Crippen molar-refractivity contribution in [3.63, 3.8) is 0 Å². The molecular weight excluding hydrogens is 374 g/mol. The minimum Gasteiger partial charge on any atom is -0.487 e. The number of benzene rings is 1. The van der Waals surface area contributed by atoms with Crippen LogP contribution in [0.1, 0.15) is 34.7 Å². The molecule has 0 atom stereocenters. The Bertz CT molecular complexity index is 1020. The third kappa shape index (κ3) is 3.86. The molecule has 1 aliphatic rings. The van der Waals surface area contributed by atoms with Crippen LogP contribution < -0.4 is 10.1 Å². The van der Waals surface area contributed by atoms with Gasteiger partial charge in [-0.05, 0) is 38.0 Å². The molecule has 0 saturated carbocycles. The second-order valence-electron chi connectivity index (χ2n) is 7.48.